The van der Waals surface area contributed by atoms with Gasteiger partial charge in [0.15, 0.2) is 5.65 Å². The largest absolute Gasteiger partial charge is 0.349 e. The second kappa shape index (κ2) is 3.73. The van der Waals surface area contributed by atoms with Crippen LogP contribution in [0.1, 0.15) is 12.5 Å². The van der Waals surface area contributed by atoms with Crippen molar-refractivity contribution in [3.63, 3.8) is 0 Å². The van der Waals surface area contributed by atoms with Crippen molar-refractivity contribution in [1.29, 1.82) is 0 Å². The van der Waals surface area contributed by atoms with Crippen LogP contribution in [0.5, 0.6) is 0 Å². The van der Waals surface area contributed by atoms with Gasteiger partial charge in [0, 0.05) is 12.7 Å². The number of hydrogen-bond acceptors (Lipinski definition) is 3. The number of anilines is 1. The summed E-state index contributed by atoms with van der Waals surface area (Å²) in [6.45, 7) is 8.51. The Morgan fingerprint density at radius 1 is 1.53 bits per heavy atom. The van der Waals surface area contributed by atoms with E-state index in [1.807, 2.05) is 32.2 Å². The third-order valence-corrected chi connectivity index (χ3v) is 2.03. The highest BCUT2D eigenvalue weighted by atomic mass is 15.3. The second-order valence-electron chi connectivity index (χ2n) is 3.76. The van der Waals surface area contributed by atoms with Gasteiger partial charge in [-0.15, -0.1) is 5.10 Å². The van der Waals surface area contributed by atoms with Gasteiger partial charge in [-0.05, 0) is 25.5 Å². The van der Waals surface area contributed by atoms with Crippen LogP contribution in [0.3, 0.4) is 0 Å². The first-order valence-corrected chi connectivity index (χ1v) is 4.86. The lowest BCUT2D eigenvalue weighted by atomic mass is 10.3. The van der Waals surface area contributed by atoms with Gasteiger partial charge in [-0.1, -0.05) is 18.2 Å². The van der Waals surface area contributed by atoms with Crippen LogP contribution in [0, 0.1) is 6.92 Å². The number of aromatic nitrogens is 3. The molecule has 0 aliphatic rings. The maximum Gasteiger partial charge on any atom is 0.243 e. The first-order valence-electron chi connectivity index (χ1n) is 4.86. The van der Waals surface area contributed by atoms with Crippen LogP contribution in [0.4, 0.5) is 5.95 Å². The molecule has 0 atom stereocenters. The van der Waals surface area contributed by atoms with Crippen LogP contribution in [0.15, 0.2) is 30.5 Å². The zero-order valence-corrected chi connectivity index (χ0v) is 8.99. The van der Waals surface area contributed by atoms with E-state index in [1.54, 1.807) is 4.52 Å². The molecule has 4 heteroatoms. The predicted octanol–water partition coefficient (Wildman–Crippen LogP) is 2.03. The molecule has 1 N–H and O–H groups in total. The van der Waals surface area contributed by atoms with Crippen molar-refractivity contribution in [3.05, 3.63) is 36.0 Å². The highest BCUT2D eigenvalue weighted by Gasteiger charge is 2.01. The molecule has 0 unspecified atom stereocenters. The third-order valence-electron chi connectivity index (χ3n) is 2.03. The van der Waals surface area contributed by atoms with Crippen LogP contribution in [0.2, 0.25) is 0 Å². The van der Waals surface area contributed by atoms with Crippen LogP contribution < -0.4 is 5.32 Å². The number of fused-ring (bicyclic) bond motifs is 1. The smallest absolute Gasteiger partial charge is 0.243 e. The number of hydrogen-bond donors (Lipinski definition) is 1. The lowest BCUT2D eigenvalue weighted by molar-refractivity contribution is 0.948. The van der Waals surface area contributed by atoms with E-state index in [9.17, 15) is 0 Å². The summed E-state index contributed by atoms with van der Waals surface area (Å²) in [6, 6.07) is 3.97. The summed E-state index contributed by atoms with van der Waals surface area (Å²) >= 11 is 0. The molecule has 2 rings (SSSR count). The van der Waals surface area contributed by atoms with Crippen molar-refractivity contribution >= 4 is 11.6 Å². The monoisotopic (exact) mass is 202 g/mol. The van der Waals surface area contributed by atoms with E-state index in [4.69, 9.17) is 0 Å². The fourth-order valence-corrected chi connectivity index (χ4v) is 1.29. The van der Waals surface area contributed by atoms with Crippen LogP contribution in [-0.2, 0) is 0 Å². The van der Waals surface area contributed by atoms with Crippen molar-refractivity contribution in [2.24, 2.45) is 0 Å². The lowest BCUT2D eigenvalue weighted by Gasteiger charge is -1.98. The Morgan fingerprint density at radius 3 is 3.07 bits per heavy atom. The molecule has 2 aromatic heterocycles. The van der Waals surface area contributed by atoms with E-state index in [2.05, 4.69) is 22.0 Å². The minimum atomic E-state index is 0.642. The van der Waals surface area contributed by atoms with Gasteiger partial charge in [0.1, 0.15) is 0 Å². The van der Waals surface area contributed by atoms with E-state index >= 15 is 0 Å². The molecule has 0 aliphatic heterocycles. The van der Waals surface area contributed by atoms with Gasteiger partial charge in [0.2, 0.25) is 5.95 Å². The number of rotatable bonds is 3. The Kier molecular flexibility index (Phi) is 2.41. The molecule has 0 fully saturated rings. The average molecular weight is 202 g/mol. The van der Waals surface area contributed by atoms with Crippen molar-refractivity contribution in [3.8, 4) is 0 Å². The van der Waals surface area contributed by atoms with Crippen LogP contribution in [-0.4, -0.2) is 21.1 Å². The summed E-state index contributed by atoms with van der Waals surface area (Å²) in [7, 11) is 0. The first kappa shape index (κ1) is 9.71. The van der Waals surface area contributed by atoms with Crippen molar-refractivity contribution in [1.82, 2.24) is 14.6 Å². The van der Waals surface area contributed by atoms with E-state index in [0.29, 0.717) is 12.5 Å². The Morgan fingerprint density at radius 2 is 2.33 bits per heavy atom. The van der Waals surface area contributed by atoms with E-state index in [-0.39, 0.29) is 0 Å². The highest BCUT2D eigenvalue weighted by molar-refractivity contribution is 5.44. The lowest BCUT2D eigenvalue weighted by Crippen LogP contribution is -2.03. The summed E-state index contributed by atoms with van der Waals surface area (Å²) in [6.07, 6.45) is 1.95. The predicted molar refractivity (Wildman–Crippen MR) is 61.0 cm³/mol. The highest BCUT2D eigenvalue weighted by Crippen LogP contribution is 2.07. The zero-order valence-electron chi connectivity index (χ0n) is 8.99. The van der Waals surface area contributed by atoms with Gasteiger partial charge in [0.25, 0.3) is 0 Å². The summed E-state index contributed by atoms with van der Waals surface area (Å²) in [4.78, 5) is 4.33. The minimum absolute atomic E-state index is 0.642. The van der Waals surface area contributed by atoms with Gasteiger partial charge < -0.3 is 5.32 Å². The molecule has 0 saturated heterocycles. The molecule has 0 amide bonds. The second-order valence-corrected chi connectivity index (χ2v) is 3.76. The van der Waals surface area contributed by atoms with E-state index in [0.717, 1.165) is 11.2 Å². The van der Waals surface area contributed by atoms with E-state index in [1.165, 1.54) is 5.56 Å². The molecule has 0 aliphatic carbocycles. The van der Waals surface area contributed by atoms with Crippen molar-refractivity contribution < 1.29 is 0 Å². The molecule has 15 heavy (non-hydrogen) atoms. The Bertz CT molecular complexity index is 498. The normalized spacial score (nSPS) is 10.5. The maximum atomic E-state index is 4.33. The summed E-state index contributed by atoms with van der Waals surface area (Å²) < 4.78 is 1.77. The molecule has 0 radical (unpaired) electrons. The first-order chi connectivity index (χ1) is 7.15. The Hall–Kier alpha value is -1.84. The van der Waals surface area contributed by atoms with Crippen molar-refractivity contribution in [2.45, 2.75) is 13.8 Å². The SMILES string of the molecule is C=C(C)CNc1nc2ccc(C)cn2n1. The fraction of sp³-hybridized carbons (Fsp3) is 0.273. The Labute approximate surface area is 88.6 Å². The number of pyridine rings is 1. The molecular formula is C11H14N4. The summed E-state index contributed by atoms with van der Waals surface area (Å²) in [5.41, 5.74) is 3.08. The number of nitrogens with one attached hydrogen (secondary N) is 1. The molecule has 2 aromatic rings. The zero-order chi connectivity index (χ0) is 10.8. The average Bonchev–Trinajstić information content (AvgIpc) is 2.56. The van der Waals surface area contributed by atoms with Gasteiger partial charge >= 0.3 is 0 Å². The molecule has 78 valence electrons. The van der Waals surface area contributed by atoms with E-state index < -0.39 is 0 Å². The van der Waals surface area contributed by atoms with Crippen LogP contribution in [0.25, 0.3) is 5.65 Å². The fourth-order valence-electron chi connectivity index (χ4n) is 1.29. The molecule has 0 spiro atoms. The molecule has 0 aromatic carbocycles. The van der Waals surface area contributed by atoms with Gasteiger partial charge in [0.05, 0.1) is 0 Å². The number of aryl methyl sites for hydroxylation is 1. The topological polar surface area (TPSA) is 42.2 Å². The Balaban J connectivity index is 2.27. The van der Waals surface area contributed by atoms with Gasteiger partial charge in [-0.25, -0.2) is 4.52 Å². The summed E-state index contributed by atoms with van der Waals surface area (Å²) in [5.74, 6) is 0.642. The van der Waals surface area contributed by atoms with Crippen LogP contribution >= 0.6 is 0 Å². The third kappa shape index (κ3) is 2.15. The maximum absolute atomic E-state index is 4.33. The molecule has 0 bridgehead atoms. The molecule has 0 saturated carbocycles. The minimum Gasteiger partial charge on any atom is -0.349 e. The molecule has 2 heterocycles. The standard InChI is InChI=1S/C11H14N4/c1-8(2)6-12-11-13-10-5-4-9(3)7-15(10)14-11/h4-5,7H,1,6H2,2-3H3,(H,12,14). The number of nitrogens with zero attached hydrogens (tertiary/aromatic N) is 3. The van der Waals surface area contributed by atoms with Gasteiger partial charge in [-0.2, -0.15) is 4.98 Å². The quantitative estimate of drug-likeness (QED) is 0.774. The molecular weight excluding hydrogens is 188 g/mol. The van der Waals surface area contributed by atoms with Gasteiger partial charge in [-0.3, -0.25) is 0 Å². The molecule has 4 nitrogen and oxygen atoms in total. The summed E-state index contributed by atoms with van der Waals surface area (Å²) in [5, 5.41) is 7.41. The van der Waals surface area contributed by atoms with Crippen molar-refractivity contribution in [2.75, 3.05) is 11.9 Å².